The quantitative estimate of drug-likeness (QED) is 0.637. The van der Waals surface area contributed by atoms with Gasteiger partial charge in [-0.1, -0.05) is 12.6 Å². The first-order chi connectivity index (χ1) is 12.5. The maximum absolute atomic E-state index is 12.1. The molecular weight excluding hydrogens is 330 g/mol. The summed E-state index contributed by atoms with van der Waals surface area (Å²) in [6.07, 6.45) is 0. The molecule has 0 aromatic heterocycles. The summed E-state index contributed by atoms with van der Waals surface area (Å²) in [6, 6.07) is 14.1. The highest BCUT2D eigenvalue weighted by Crippen LogP contribution is 2.18. The van der Waals surface area contributed by atoms with Crippen molar-refractivity contribution in [1.29, 1.82) is 0 Å². The predicted octanol–water partition coefficient (Wildman–Crippen LogP) is 3.05. The molecule has 2 aromatic rings. The summed E-state index contributed by atoms with van der Waals surface area (Å²) in [7, 11) is 1.58. The summed E-state index contributed by atoms with van der Waals surface area (Å²) in [4.78, 5) is 23.6. The Morgan fingerprint density at radius 3 is 2.46 bits per heavy atom. The molecule has 0 radical (unpaired) electrons. The fourth-order valence-corrected chi connectivity index (χ4v) is 2.14. The normalized spacial score (nSPS) is 9.92. The van der Waals surface area contributed by atoms with E-state index in [0.29, 0.717) is 23.6 Å². The zero-order valence-corrected chi connectivity index (χ0v) is 15.0. The topological polar surface area (TPSA) is 79.5 Å². The van der Waals surface area contributed by atoms with E-state index in [-0.39, 0.29) is 18.4 Å². The number of ether oxygens (including phenoxy) is 1. The Hall–Kier alpha value is -3.28. The third-order valence-electron chi connectivity index (χ3n) is 3.43. The molecule has 2 amide bonds. The Morgan fingerprint density at radius 1 is 1.08 bits per heavy atom. The number of carbonyl (C=O) groups excluding carboxylic acids is 2. The van der Waals surface area contributed by atoms with E-state index in [2.05, 4.69) is 22.5 Å². The summed E-state index contributed by atoms with van der Waals surface area (Å²) in [6.45, 7) is 6.22. The van der Waals surface area contributed by atoms with Gasteiger partial charge in [0, 0.05) is 30.1 Å². The average Bonchev–Trinajstić information content (AvgIpc) is 2.65. The maximum atomic E-state index is 12.1. The molecule has 0 aliphatic rings. The lowest BCUT2D eigenvalue weighted by molar-refractivity contribution is -0.114. The third-order valence-corrected chi connectivity index (χ3v) is 3.43. The second-order valence-corrected chi connectivity index (χ2v) is 5.83. The molecular formula is C20H23N3O3. The Labute approximate surface area is 153 Å². The van der Waals surface area contributed by atoms with Gasteiger partial charge in [-0.2, -0.15) is 0 Å². The lowest BCUT2D eigenvalue weighted by Gasteiger charge is -2.10. The van der Waals surface area contributed by atoms with Gasteiger partial charge in [0.25, 0.3) is 5.91 Å². The van der Waals surface area contributed by atoms with Crippen LogP contribution < -0.4 is 20.7 Å². The van der Waals surface area contributed by atoms with Crippen molar-refractivity contribution in [2.75, 3.05) is 30.8 Å². The zero-order chi connectivity index (χ0) is 18.9. The second kappa shape index (κ2) is 9.27. The average molecular weight is 353 g/mol. The first-order valence-corrected chi connectivity index (χ1v) is 8.21. The molecule has 0 heterocycles. The van der Waals surface area contributed by atoms with Crippen LogP contribution in [0.15, 0.2) is 60.7 Å². The smallest absolute Gasteiger partial charge is 0.251 e. The molecule has 0 aliphatic carbocycles. The molecule has 6 nitrogen and oxygen atoms in total. The van der Waals surface area contributed by atoms with Crippen LogP contribution in [-0.2, 0) is 4.79 Å². The van der Waals surface area contributed by atoms with Crippen molar-refractivity contribution in [2.24, 2.45) is 0 Å². The Kier molecular flexibility index (Phi) is 6.79. The van der Waals surface area contributed by atoms with E-state index in [1.54, 1.807) is 43.4 Å². The van der Waals surface area contributed by atoms with Crippen LogP contribution in [0.1, 0.15) is 17.3 Å². The van der Waals surface area contributed by atoms with Crippen LogP contribution in [0.5, 0.6) is 5.75 Å². The van der Waals surface area contributed by atoms with Crippen molar-refractivity contribution in [3.63, 3.8) is 0 Å². The van der Waals surface area contributed by atoms with E-state index < -0.39 is 0 Å². The number of anilines is 2. The molecule has 0 saturated carbocycles. The van der Waals surface area contributed by atoms with Crippen LogP contribution >= 0.6 is 0 Å². The SMILES string of the molecule is C=C(C)COc1cccc(NC(=O)CNc2ccc(C(=O)NC)cc2)c1. The van der Waals surface area contributed by atoms with E-state index in [4.69, 9.17) is 4.74 Å². The van der Waals surface area contributed by atoms with Gasteiger partial charge in [0.1, 0.15) is 12.4 Å². The van der Waals surface area contributed by atoms with Crippen molar-refractivity contribution >= 4 is 23.2 Å². The van der Waals surface area contributed by atoms with Crippen LogP contribution in [0.25, 0.3) is 0 Å². The molecule has 3 N–H and O–H groups in total. The van der Waals surface area contributed by atoms with Crippen molar-refractivity contribution in [1.82, 2.24) is 5.32 Å². The molecule has 0 atom stereocenters. The first-order valence-electron chi connectivity index (χ1n) is 8.21. The molecule has 0 unspecified atom stereocenters. The summed E-state index contributed by atoms with van der Waals surface area (Å²) in [5.74, 6) is 0.337. The van der Waals surface area contributed by atoms with Gasteiger partial charge in [0.05, 0.1) is 6.54 Å². The number of benzene rings is 2. The lowest BCUT2D eigenvalue weighted by atomic mass is 10.2. The van der Waals surface area contributed by atoms with Crippen molar-refractivity contribution in [2.45, 2.75) is 6.92 Å². The number of carbonyl (C=O) groups is 2. The fraction of sp³-hybridized carbons (Fsp3) is 0.200. The van der Waals surface area contributed by atoms with Gasteiger partial charge < -0.3 is 20.7 Å². The lowest BCUT2D eigenvalue weighted by Crippen LogP contribution is -2.22. The van der Waals surface area contributed by atoms with Gasteiger partial charge in [-0.25, -0.2) is 0 Å². The molecule has 0 spiro atoms. The minimum Gasteiger partial charge on any atom is -0.489 e. The summed E-state index contributed by atoms with van der Waals surface area (Å²) in [5.41, 5.74) is 2.90. The Bertz CT molecular complexity index is 785. The van der Waals surface area contributed by atoms with Crippen LogP contribution in [0.2, 0.25) is 0 Å². The van der Waals surface area contributed by atoms with Crippen molar-refractivity contribution < 1.29 is 14.3 Å². The molecule has 0 saturated heterocycles. The predicted molar refractivity (Wildman–Crippen MR) is 104 cm³/mol. The van der Waals surface area contributed by atoms with Gasteiger partial charge >= 0.3 is 0 Å². The van der Waals surface area contributed by atoms with Crippen LogP contribution in [-0.4, -0.2) is 32.0 Å². The minimum absolute atomic E-state index is 0.107. The molecule has 0 fully saturated rings. The van der Waals surface area contributed by atoms with E-state index in [1.165, 1.54) is 0 Å². The number of amides is 2. The largest absolute Gasteiger partial charge is 0.489 e. The monoisotopic (exact) mass is 353 g/mol. The standard InChI is InChI=1S/C20H23N3O3/c1-14(2)13-26-18-6-4-5-17(11-18)23-19(24)12-22-16-9-7-15(8-10-16)20(25)21-3/h4-11,22H,1,12-13H2,2-3H3,(H,21,25)(H,23,24). The van der Waals surface area contributed by atoms with Crippen molar-refractivity contribution in [3.05, 3.63) is 66.2 Å². The minimum atomic E-state index is -0.183. The number of hydrogen-bond donors (Lipinski definition) is 3. The maximum Gasteiger partial charge on any atom is 0.251 e. The van der Waals surface area contributed by atoms with E-state index >= 15 is 0 Å². The summed E-state index contributed by atoms with van der Waals surface area (Å²) in [5, 5.41) is 8.39. The molecule has 2 rings (SSSR count). The molecule has 26 heavy (non-hydrogen) atoms. The Morgan fingerprint density at radius 2 is 1.81 bits per heavy atom. The van der Waals surface area contributed by atoms with Crippen LogP contribution in [0, 0.1) is 0 Å². The highest BCUT2D eigenvalue weighted by molar-refractivity contribution is 5.95. The second-order valence-electron chi connectivity index (χ2n) is 5.83. The molecule has 136 valence electrons. The van der Waals surface area contributed by atoms with Gasteiger partial charge in [-0.3, -0.25) is 9.59 Å². The highest BCUT2D eigenvalue weighted by Gasteiger charge is 2.05. The van der Waals surface area contributed by atoms with E-state index in [1.807, 2.05) is 19.1 Å². The highest BCUT2D eigenvalue weighted by atomic mass is 16.5. The van der Waals surface area contributed by atoms with Gasteiger partial charge in [0.15, 0.2) is 0 Å². The van der Waals surface area contributed by atoms with Crippen LogP contribution in [0.3, 0.4) is 0 Å². The van der Waals surface area contributed by atoms with Crippen LogP contribution in [0.4, 0.5) is 11.4 Å². The zero-order valence-electron chi connectivity index (χ0n) is 15.0. The van der Waals surface area contributed by atoms with Gasteiger partial charge in [-0.05, 0) is 48.9 Å². The fourth-order valence-electron chi connectivity index (χ4n) is 2.14. The van der Waals surface area contributed by atoms with Crippen molar-refractivity contribution in [3.8, 4) is 5.75 Å². The van der Waals surface area contributed by atoms with E-state index in [9.17, 15) is 9.59 Å². The first kappa shape index (κ1) is 19.1. The number of nitrogens with one attached hydrogen (secondary N) is 3. The summed E-state index contributed by atoms with van der Waals surface area (Å²) >= 11 is 0. The molecule has 6 heteroatoms. The summed E-state index contributed by atoms with van der Waals surface area (Å²) < 4.78 is 5.56. The number of hydrogen-bond acceptors (Lipinski definition) is 4. The Balaban J connectivity index is 1.86. The van der Waals surface area contributed by atoms with Gasteiger partial charge in [-0.15, -0.1) is 0 Å². The van der Waals surface area contributed by atoms with E-state index in [0.717, 1.165) is 11.3 Å². The number of rotatable bonds is 8. The molecule has 2 aromatic carbocycles. The van der Waals surface area contributed by atoms with Gasteiger partial charge in [0.2, 0.25) is 5.91 Å². The molecule has 0 aliphatic heterocycles. The molecule has 0 bridgehead atoms. The third kappa shape index (κ3) is 5.98.